The average molecular weight is 587 g/mol. The van der Waals surface area contributed by atoms with Gasteiger partial charge in [-0.2, -0.15) is 0 Å². The number of urea groups is 1. The van der Waals surface area contributed by atoms with Gasteiger partial charge in [-0.05, 0) is 73.4 Å². The lowest BCUT2D eigenvalue weighted by molar-refractivity contribution is 0.188. The van der Waals surface area contributed by atoms with E-state index >= 15 is 0 Å². The second-order valence-electron chi connectivity index (χ2n) is 10.2. The molecule has 0 spiro atoms. The van der Waals surface area contributed by atoms with Crippen molar-refractivity contribution in [1.29, 1.82) is 0 Å². The van der Waals surface area contributed by atoms with Gasteiger partial charge in [0.2, 0.25) is 10.0 Å². The largest absolute Gasteiger partial charge is 0.457 e. The van der Waals surface area contributed by atoms with Crippen molar-refractivity contribution in [2.24, 2.45) is 0 Å². The lowest BCUT2D eigenvalue weighted by atomic mass is 10.0. The van der Waals surface area contributed by atoms with E-state index in [0.29, 0.717) is 30.2 Å². The third-order valence-electron chi connectivity index (χ3n) is 6.82. The van der Waals surface area contributed by atoms with E-state index in [0.717, 1.165) is 56.8 Å². The van der Waals surface area contributed by atoms with Crippen LogP contribution < -0.4 is 19.7 Å². The Morgan fingerprint density at radius 2 is 1.63 bits per heavy atom. The minimum Gasteiger partial charge on any atom is -0.457 e. The topological polar surface area (TPSA) is 91.0 Å². The van der Waals surface area contributed by atoms with Gasteiger partial charge in [-0.1, -0.05) is 25.5 Å². The molecule has 1 fully saturated rings. The number of unbranched alkanes of at least 4 members (excludes halogenated alkanes) is 1. The molecule has 220 valence electrons. The summed E-state index contributed by atoms with van der Waals surface area (Å²) in [7, 11) is -3.33. The Morgan fingerprint density at radius 1 is 1.00 bits per heavy atom. The van der Waals surface area contributed by atoms with Crippen LogP contribution in [0.1, 0.15) is 38.2 Å². The first kappa shape index (κ1) is 30.3. The normalized spacial score (nSPS) is 14.4. The summed E-state index contributed by atoms with van der Waals surface area (Å²) in [5, 5.41) is 3.05. The first-order valence-corrected chi connectivity index (χ1v) is 15.6. The molecule has 0 aromatic heterocycles. The number of sulfonamides is 1. The molecule has 1 aliphatic heterocycles. The monoisotopic (exact) mass is 586 g/mol. The lowest BCUT2D eigenvalue weighted by Crippen LogP contribution is -2.49. The number of carbonyl (C=O) groups excluding carboxylic acids is 1. The number of hydrogen-bond acceptors (Lipinski definition) is 5. The van der Waals surface area contributed by atoms with Crippen LogP contribution in [-0.2, 0) is 16.6 Å². The molecule has 1 aliphatic rings. The van der Waals surface area contributed by atoms with Crippen molar-refractivity contribution >= 4 is 27.4 Å². The summed E-state index contributed by atoms with van der Waals surface area (Å²) in [5.74, 6) is -0.157. The van der Waals surface area contributed by atoms with Crippen molar-refractivity contribution in [3.63, 3.8) is 0 Å². The quantitative estimate of drug-likeness (QED) is 0.283. The van der Waals surface area contributed by atoms with Gasteiger partial charge < -0.3 is 10.1 Å². The number of hydrogen-bond donors (Lipinski definition) is 2. The van der Waals surface area contributed by atoms with Crippen LogP contribution in [0.5, 0.6) is 11.5 Å². The van der Waals surface area contributed by atoms with Crippen molar-refractivity contribution in [2.75, 3.05) is 35.5 Å². The first-order valence-electron chi connectivity index (χ1n) is 13.7. The minimum absolute atomic E-state index is 0.0267. The molecule has 8 nitrogen and oxygen atoms in total. The van der Waals surface area contributed by atoms with Crippen LogP contribution in [0.4, 0.5) is 25.0 Å². The Bertz CT molecular complexity index is 1410. The zero-order valence-corrected chi connectivity index (χ0v) is 24.1. The minimum atomic E-state index is -3.33. The number of nitrogens with zero attached hydrogens (tertiary/aromatic N) is 2. The van der Waals surface area contributed by atoms with Gasteiger partial charge in [0, 0.05) is 44.0 Å². The number of nitrogens with one attached hydrogen (secondary N) is 2. The van der Waals surface area contributed by atoms with Gasteiger partial charge in [0.25, 0.3) is 0 Å². The van der Waals surface area contributed by atoms with Gasteiger partial charge in [0.15, 0.2) is 0 Å². The molecule has 2 amide bonds. The SMILES string of the molecule is CCCCN(C(=O)NC1CCN(Cc2ccc(Oc3ccc(NS(C)(=O)=O)cc3)cc2)CC1)c1ccc(F)cc1F. The van der Waals surface area contributed by atoms with Gasteiger partial charge in [-0.25, -0.2) is 22.0 Å². The molecule has 0 unspecified atom stereocenters. The van der Waals surface area contributed by atoms with E-state index in [1.165, 1.54) is 17.0 Å². The van der Waals surface area contributed by atoms with Crippen LogP contribution >= 0.6 is 0 Å². The fourth-order valence-corrected chi connectivity index (χ4v) is 5.26. The Balaban J connectivity index is 1.25. The summed E-state index contributed by atoms with van der Waals surface area (Å²) >= 11 is 0. The number of ether oxygens (including phenoxy) is 1. The number of halogens is 2. The second-order valence-corrected chi connectivity index (χ2v) is 12.0. The Hall–Kier alpha value is -3.70. The highest BCUT2D eigenvalue weighted by Crippen LogP contribution is 2.25. The Morgan fingerprint density at radius 3 is 2.22 bits per heavy atom. The molecule has 0 saturated carbocycles. The molecule has 0 atom stereocenters. The summed E-state index contributed by atoms with van der Waals surface area (Å²) in [6.45, 7) is 4.72. The molecule has 3 aromatic carbocycles. The van der Waals surface area contributed by atoms with Crippen molar-refractivity contribution in [1.82, 2.24) is 10.2 Å². The number of amides is 2. The average Bonchev–Trinajstić information content (AvgIpc) is 2.92. The molecule has 4 rings (SSSR count). The molecule has 0 bridgehead atoms. The molecular formula is C30H36F2N4O4S. The zero-order valence-electron chi connectivity index (χ0n) is 23.3. The molecule has 3 aromatic rings. The van der Waals surface area contributed by atoms with Crippen molar-refractivity contribution in [2.45, 2.75) is 45.2 Å². The van der Waals surface area contributed by atoms with E-state index in [4.69, 9.17) is 4.74 Å². The van der Waals surface area contributed by atoms with Crippen molar-refractivity contribution in [3.8, 4) is 11.5 Å². The summed E-state index contributed by atoms with van der Waals surface area (Å²) in [6, 6.07) is 17.4. The van der Waals surface area contributed by atoms with Crippen LogP contribution in [0.3, 0.4) is 0 Å². The molecule has 41 heavy (non-hydrogen) atoms. The fraction of sp³-hybridized carbons (Fsp3) is 0.367. The molecular weight excluding hydrogens is 550 g/mol. The maximum atomic E-state index is 14.4. The van der Waals surface area contributed by atoms with E-state index in [1.807, 2.05) is 31.2 Å². The van der Waals surface area contributed by atoms with Crippen LogP contribution in [0, 0.1) is 11.6 Å². The van der Waals surface area contributed by atoms with Crippen molar-refractivity contribution in [3.05, 3.63) is 83.9 Å². The first-order chi connectivity index (χ1) is 19.6. The number of rotatable bonds is 11. The zero-order chi connectivity index (χ0) is 29.4. The van der Waals surface area contributed by atoms with Gasteiger partial charge in [-0.15, -0.1) is 0 Å². The standard InChI is InChI=1S/C30H36F2N4O4S/c1-3-4-17-36(29-14-7-23(31)20-28(29)32)30(37)33-24-15-18-35(19-16-24)21-22-5-10-26(11-6-22)40-27-12-8-25(9-13-27)34-41(2,38)39/h5-14,20,24,34H,3-4,15-19,21H2,1-2H3,(H,33,37). The fourth-order valence-electron chi connectivity index (χ4n) is 4.70. The summed E-state index contributed by atoms with van der Waals surface area (Å²) < 4.78 is 58.8. The summed E-state index contributed by atoms with van der Waals surface area (Å²) in [4.78, 5) is 16.8. The third-order valence-corrected chi connectivity index (χ3v) is 7.43. The number of anilines is 2. The third kappa shape index (κ3) is 9.15. The number of likely N-dealkylation sites (tertiary alicyclic amines) is 1. The highest BCUT2D eigenvalue weighted by molar-refractivity contribution is 7.92. The highest BCUT2D eigenvalue weighted by Gasteiger charge is 2.25. The maximum absolute atomic E-state index is 14.4. The van der Waals surface area contributed by atoms with E-state index in [9.17, 15) is 22.0 Å². The van der Waals surface area contributed by atoms with E-state index in [-0.39, 0.29) is 17.8 Å². The van der Waals surface area contributed by atoms with Crippen LogP contribution in [-0.4, -0.2) is 51.3 Å². The van der Waals surface area contributed by atoms with E-state index in [1.54, 1.807) is 24.3 Å². The number of piperidine rings is 1. The molecule has 11 heteroatoms. The van der Waals surface area contributed by atoms with Gasteiger partial charge in [-0.3, -0.25) is 14.5 Å². The highest BCUT2D eigenvalue weighted by atomic mass is 32.2. The molecule has 1 heterocycles. The molecule has 0 radical (unpaired) electrons. The molecule has 2 N–H and O–H groups in total. The van der Waals surface area contributed by atoms with E-state index in [2.05, 4.69) is 14.9 Å². The number of benzene rings is 3. The summed E-state index contributed by atoms with van der Waals surface area (Å²) in [5.41, 5.74) is 1.68. The lowest BCUT2D eigenvalue weighted by Gasteiger charge is -2.34. The predicted molar refractivity (Wildman–Crippen MR) is 157 cm³/mol. The smallest absolute Gasteiger partial charge is 0.322 e. The van der Waals surface area contributed by atoms with Crippen molar-refractivity contribution < 1.29 is 26.7 Å². The van der Waals surface area contributed by atoms with Gasteiger partial charge in [0.05, 0.1) is 11.9 Å². The predicted octanol–water partition coefficient (Wildman–Crippen LogP) is 6.11. The van der Waals surface area contributed by atoms with Crippen LogP contribution in [0.2, 0.25) is 0 Å². The Labute approximate surface area is 240 Å². The summed E-state index contributed by atoms with van der Waals surface area (Å²) in [6.07, 6.45) is 4.19. The van der Waals surface area contributed by atoms with E-state index < -0.39 is 21.7 Å². The molecule has 1 saturated heterocycles. The molecule has 0 aliphatic carbocycles. The second kappa shape index (κ2) is 13.8. The van der Waals surface area contributed by atoms with Crippen LogP contribution in [0.25, 0.3) is 0 Å². The maximum Gasteiger partial charge on any atom is 0.322 e. The number of carbonyl (C=O) groups is 1. The van der Waals surface area contributed by atoms with Gasteiger partial charge >= 0.3 is 6.03 Å². The Kier molecular flexibility index (Phi) is 10.2. The van der Waals surface area contributed by atoms with Crippen LogP contribution in [0.15, 0.2) is 66.7 Å². The van der Waals surface area contributed by atoms with Gasteiger partial charge in [0.1, 0.15) is 23.1 Å².